The molecule has 1 aromatic carbocycles. The van der Waals surface area contributed by atoms with Crippen molar-refractivity contribution in [3.8, 4) is 0 Å². The molecule has 1 heterocycles. The summed E-state index contributed by atoms with van der Waals surface area (Å²) in [6.45, 7) is 3.24. The number of hydrogen-bond donors (Lipinski definition) is 1. The standard InChI is InChI=1S/C15H23ClN2O2S/c1-12-11-13(16)6-7-15(12)21(19,20)18-10-4-3-5-14(18)8-9-17-2/h6-7,11,14,17H,3-5,8-10H2,1-2H3. The van der Waals surface area contributed by atoms with Gasteiger partial charge in [-0.3, -0.25) is 0 Å². The predicted octanol–water partition coefficient (Wildman–Crippen LogP) is 2.80. The van der Waals surface area contributed by atoms with Crippen LogP contribution in [0, 0.1) is 6.92 Å². The van der Waals surface area contributed by atoms with Crippen molar-refractivity contribution >= 4 is 21.6 Å². The molecule has 1 atom stereocenters. The SMILES string of the molecule is CNCCC1CCCCN1S(=O)(=O)c1ccc(Cl)cc1C. The van der Waals surface area contributed by atoms with Crippen LogP contribution in [0.25, 0.3) is 0 Å². The van der Waals surface area contributed by atoms with Crippen LogP contribution in [0.4, 0.5) is 0 Å². The molecule has 1 unspecified atom stereocenters. The molecule has 0 radical (unpaired) electrons. The van der Waals surface area contributed by atoms with Crippen LogP contribution in [-0.4, -0.2) is 38.9 Å². The molecule has 4 nitrogen and oxygen atoms in total. The van der Waals surface area contributed by atoms with Gasteiger partial charge < -0.3 is 5.32 Å². The number of rotatable bonds is 5. The van der Waals surface area contributed by atoms with Crippen LogP contribution in [0.5, 0.6) is 0 Å². The number of sulfonamides is 1. The van der Waals surface area contributed by atoms with Gasteiger partial charge in [-0.05, 0) is 63.5 Å². The molecule has 1 N–H and O–H groups in total. The van der Waals surface area contributed by atoms with E-state index in [0.29, 0.717) is 22.0 Å². The third kappa shape index (κ3) is 3.77. The number of benzene rings is 1. The van der Waals surface area contributed by atoms with Gasteiger partial charge in [-0.2, -0.15) is 4.31 Å². The van der Waals surface area contributed by atoms with Crippen molar-refractivity contribution in [3.05, 3.63) is 28.8 Å². The lowest BCUT2D eigenvalue weighted by atomic mass is 10.0. The summed E-state index contributed by atoms with van der Waals surface area (Å²) in [7, 11) is -1.55. The lowest BCUT2D eigenvalue weighted by Gasteiger charge is -2.35. The summed E-state index contributed by atoms with van der Waals surface area (Å²) in [5.41, 5.74) is 0.709. The summed E-state index contributed by atoms with van der Waals surface area (Å²) in [5.74, 6) is 0. The zero-order valence-corrected chi connectivity index (χ0v) is 14.2. The van der Waals surface area contributed by atoms with E-state index in [2.05, 4.69) is 5.32 Å². The van der Waals surface area contributed by atoms with Crippen molar-refractivity contribution in [1.82, 2.24) is 9.62 Å². The van der Waals surface area contributed by atoms with Gasteiger partial charge in [-0.15, -0.1) is 0 Å². The second-order valence-corrected chi connectivity index (χ2v) is 7.86. The minimum Gasteiger partial charge on any atom is -0.320 e. The van der Waals surface area contributed by atoms with Crippen LogP contribution in [0.3, 0.4) is 0 Å². The Morgan fingerprint density at radius 2 is 2.14 bits per heavy atom. The highest BCUT2D eigenvalue weighted by Gasteiger charge is 2.33. The van der Waals surface area contributed by atoms with Gasteiger partial charge in [0.05, 0.1) is 4.90 Å². The molecule has 6 heteroatoms. The van der Waals surface area contributed by atoms with Gasteiger partial charge in [0.15, 0.2) is 0 Å². The minimum atomic E-state index is -3.44. The Bertz CT molecular complexity index is 589. The summed E-state index contributed by atoms with van der Waals surface area (Å²) in [4.78, 5) is 0.378. The van der Waals surface area contributed by atoms with E-state index in [1.54, 1.807) is 29.4 Å². The first-order valence-corrected chi connectivity index (χ1v) is 9.21. The van der Waals surface area contributed by atoms with Crippen LogP contribution >= 0.6 is 11.6 Å². The van der Waals surface area contributed by atoms with E-state index in [1.807, 2.05) is 7.05 Å². The Kier molecular flexibility index (Phi) is 5.66. The molecule has 0 bridgehead atoms. The maximum atomic E-state index is 13.0. The second-order valence-electron chi connectivity index (χ2n) is 5.57. The molecule has 0 spiro atoms. The molecule has 1 aliphatic rings. The fourth-order valence-corrected chi connectivity index (χ4v) is 5.08. The van der Waals surface area contributed by atoms with Crippen molar-refractivity contribution in [2.45, 2.75) is 43.5 Å². The Hall–Kier alpha value is -0.620. The second kappa shape index (κ2) is 7.09. The van der Waals surface area contributed by atoms with Crippen molar-refractivity contribution in [3.63, 3.8) is 0 Å². The van der Waals surface area contributed by atoms with Gasteiger partial charge in [-0.1, -0.05) is 18.0 Å². The molecule has 0 amide bonds. The molecule has 0 saturated carbocycles. The molecule has 1 fully saturated rings. The molecular formula is C15H23ClN2O2S. The van der Waals surface area contributed by atoms with E-state index in [1.165, 1.54) is 0 Å². The third-order valence-corrected chi connectivity index (χ3v) is 6.37. The highest BCUT2D eigenvalue weighted by Crippen LogP contribution is 2.29. The summed E-state index contributed by atoms with van der Waals surface area (Å²) in [6, 6.07) is 5.07. The number of halogens is 1. The van der Waals surface area contributed by atoms with Crippen LogP contribution in [0.15, 0.2) is 23.1 Å². The number of nitrogens with zero attached hydrogens (tertiary/aromatic N) is 1. The van der Waals surface area contributed by atoms with Crippen LogP contribution in [0.1, 0.15) is 31.2 Å². The highest BCUT2D eigenvalue weighted by atomic mass is 35.5. The average molecular weight is 331 g/mol. The number of piperidine rings is 1. The van der Waals surface area contributed by atoms with Gasteiger partial charge in [0, 0.05) is 17.6 Å². The van der Waals surface area contributed by atoms with Gasteiger partial charge in [0.1, 0.15) is 0 Å². The van der Waals surface area contributed by atoms with Gasteiger partial charge in [0.25, 0.3) is 0 Å². The smallest absolute Gasteiger partial charge is 0.243 e. The fourth-order valence-electron chi connectivity index (χ4n) is 2.92. The summed E-state index contributed by atoms with van der Waals surface area (Å²) < 4.78 is 27.6. The Labute approximate surface area is 132 Å². The molecule has 1 saturated heterocycles. The van der Waals surface area contributed by atoms with E-state index in [-0.39, 0.29) is 6.04 Å². The molecular weight excluding hydrogens is 308 g/mol. The van der Waals surface area contributed by atoms with E-state index < -0.39 is 10.0 Å². The lowest BCUT2D eigenvalue weighted by molar-refractivity contribution is 0.240. The van der Waals surface area contributed by atoms with Gasteiger partial charge in [-0.25, -0.2) is 8.42 Å². The molecule has 1 aliphatic heterocycles. The van der Waals surface area contributed by atoms with E-state index >= 15 is 0 Å². The normalized spacial score (nSPS) is 20.6. The van der Waals surface area contributed by atoms with Crippen LogP contribution in [0.2, 0.25) is 5.02 Å². The molecule has 21 heavy (non-hydrogen) atoms. The van der Waals surface area contributed by atoms with Crippen LogP contribution in [-0.2, 0) is 10.0 Å². The first kappa shape index (κ1) is 16.7. The summed E-state index contributed by atoms with van der Waals surface area (Å²) in [6.07, 6.45) is 3.82. The third-order valence-electron chi connectivity index (χ3n) is 4.02. The van der Waals surface area contributed by atoms with E-state index in [4.69, 9.17) is 11.6 Å². The van der Waals surface area contributed by atoms with E-state index in [9.17, 15) is 8.42 Å². The molecule has 0 aromatic heterocycles. The largest absolute Gasteiger partial charge is 0.320 e. The fraction of sp³-hybridized carbons (Fsp3) is 0.600. The molecule has 2 rings (SSSR count). The number of aryl methyl sites for hydroxylation is 1. The Morgan fingerprint density at radius 1 is 1.38 bits per heavy atom. The maximum Gasteiger partial charge on any atom is 0.243 e. The van der Waals surface area contributed by atoms with Crippen molar-refractivity contribution in [2.24, 2.45) is 0 Å². The zero-order chi connectivity index (χ0) is 15.5. The van der Waals surface area contributed by atoms with Gasteiger partial charge in [0.2, 0.25) is 10.0 Å². The number of nitrogens with one attached hydrogen (secondary N) is 1. The first-order valence-electron chi connectivity index (χ1n) is 7.39. The van der Waals surface area contributed by atoms with Crippen molar-refractivity contribution in [2.75, 3.05) is 20.1 Å². The minimum absolute atomic E-state index is 0.0891. The number of hydrogen-bond acceptors (Lipinski definition) is 3. The summed E-state index contributed by atoms with van der Waals surface area (Å²) in [5, 5.41) is 3.67. The molecule has 0 aliphatic carbocycles. The lowest BCUT2D eigenvalue weighted by Crippen LogP contribution is -2.44. The summed E-state index contributed by atoms with van der Waals surface area (Å²) >= 11 is 5.93. The molecule has 118 valence electrons. The van der Waals surface area contributed by atoms with Gasteiger partial charge >= 0.3 is 0 Å². The quantitative estimate of drug-likeness (QED) is 0.903. The average Bonchev–Trinajstić information content (AvgIpc) is 2.45. The first-order chi connectivity index (χ1) is 9.96. The molecule has 1 aromatic rings. The Balaban J connectivity index is 2.31. The predicted molar refractivity (Wildman–Crippen MR) is 86.3 cm³/mol. The van der Waals surface area contributed by atoms with Crippen LogP contribution < -0.4 is 5.32 Å². The zero-order valence-electron chi connectivity index (χ0n) is 12.6. The Morgan fingerprint density at radius 3 is 2.81 bits per heavy atom. The van der Waals surface area contributed by atoms with E-state index in [0.717, 1.165) is 32.2 Å². The highest BCUT2D eigenvalue weighted by molar-refractivity contribution is 7.89. The van der Waals surface area contributed by atoms with Crippen molar-refractivity contribution in [1.29, 1.82) is 0 Å². The monoisotopic (exact) mass is 330 g/mol. The topological polar surface area (TPSA) is 49.4 Å². The maximum absolute atomic E-state index is 13.0. The van der Waals surface area contributed by atoms with Crippen molar-refractivity contribution < 1.29 is 8.42 Å².